The summed E-state index contributed by atoms with van der Waals surface area (Å²) >= 11 is 0. The smallest absolute Gasteiger partial charge is 0.102 e. The van der Waals surface area contributed by atoms with E-state index in [1.165, 1.54) is 0 Å². The van der Waals surface area contributed by atoms with Crippen molar-refractivity contribution >= 4 is 5.71 Å². The lowest BCUT2D eigenvalue weighted by atomic mass is 10.4. The second kappa shape index (κ2) is 1.16. The van der Waals surface area contributed by atoms with Crippen molar-refractivity contribution in [2.45, 2.75) is 6.92 Å². The fourth-order valence-corrected chi connectivity index (χ4v) is 0.274. The standard InChI is InChI=1S/C3H5N3/c1-3-2-4-6-5-3/h2H2,1H3. The van der Waals surface area contributed by atoms with Crippen molar-refractivity contribution in [3.63, 3.8) is 0 Å². The molecule has 0 fully saturated rings. The third-order valence-corrected chi connectivity index (χ3v) is 0.578. The van der Waals surface area contributed by atoms with Crippen LogP contribution < -0.4 is 0 Å². The summed E-state index contributed by atoms with van der Waals surface area (Å²) in [5.74, 6) is 0. The molecule has 0 aliphatic carbocycles. The van der Waals surface area contributed by atoms with Crippen LogP contribution in [0.25, 0.3) is 0 Å². The molecule has 0 saturated carbocycles. The summed E-state index contributed by atoms with van der Waals surface area (Å²) < 4.78 is 0. The van der Waals surface area contributed by atoms with Gasteiger partial charge >= 0.3 is 0 Å². The maximum atomic E-state index is 3.61. The van der Waals surface area contributed by atoms with E-state index in [1.54, 1.807) is 0 Å². The maximum Gasteiger partial charge on any atom is 0.102 e. The molecule has 0 unspecified atom stereocenters. The first-order chi connectivity index (χ1) is 2.89. The first-order valence-electron chi connectivity index (χ1n) is 1.79. The van der Waals surface area contributed by atoms with Crippen LogP contribution in [0.2, 0.25) is 0 Å². The predicted octanol–water partition coefficient (Wildman–Crippen LogP) is 0.828. The fraction of sp³-hybridized carbons (Fsp3) is 0.667. The summed E-state index contributed by atoms with van der Waals surface area (Å²) in [5.41, 5.74) is 0.995. The molecular weight excluding hydrogens is 78.1 g/mol. The first-order valence-corrected chi connectivity index (χ1v) is 1.79. The van der Waals surface area contributed by atoms with Gasteiger partial charge in [-0.15, -0.1) is 5.10 Å². The van der Waals surface area contributed by atoms with Crippen LogP contribution in [0.5, 0.6) is 0 Å². The molecule has 1 rings (SSSR count). The van der Waals surface area contributed by atoms with Gasteiger partial charge in [0.05, 0.1) is 5.71 Å². The van der Waals surface area contributed by atoms with Gasteiger partial charge < -0.3 is 0 Å². The van der Waals surface area contributed by atoms with E-state index in [1.807, 2.05) is 6.92 Å². The van der Waals surface area contributed by atoms with Crippen molar-refractivity contribution < 1.29 is 0 Å². The van der Waals surface area contributed by atoms with E-state index in [0.29, 0.717) is 6.54 Å². The zero-order chi connectivity index (χ0) is 4.41. The monoisotopic (exact) mass is 83.0 g/mol. The molecule has 3 nitrogen and oxygen atoms in total. The molecule has 0 bridgehead atoms. The first kappa shape index (κ1) is 3.46. The second-order valence-corrected chi connectivity index (χ2v) is 1.22. The molecule has 1 aliphatic rings. The molecule has 0 aromatic rings. The van der Waals surface area contributed by atoms with E-state index in [9.17, 15) is 0 Å². The van der Waals surface area contributed by atoms with Crippen molar-refractivity contribution in [3.8, 4) is 0 Å². The fourth-order valence-electron chi connectivity index (χ4n) is 0.274. The third kappa shape index (κ3) is 0.429. The molecule has 1 heterocycles. The SMILES string of the molecule is CC1=NN=NC1. The van der Waals surface area contributed by atoms with Crippen LogP contribution in [0, 0.1) is 0 Å². The Labute approximate surface area is 35.8 Å². The summed E-state index contributed by atoms with van der Waals surface area (Å²) in [6, 6.07) is 0. The molecule has 0 atom stereocenters. The minimum atomic E-state index is 0.694. The Balaban J connectivity index is 2.61. The van der Waals surface area contributed by atoms with Crippen LogP contribution in [0.15, 0.2) is 15.4 Å². The molecule has 1 aliphatic heterocycles. The second-order valence-electron chi connectivity index (χ2n) is 1.22. The van der Waals surface area contributed by atoms with E-state index in [0.717, 1.165) is 5.71 Å². The van der Waals surface area contributed by atoms with Gasteiger partial charge in [-0.05, 0) is 12.1 Å². The molecule has 0 amide bonds. The Bertz CT molecular complexity index is 103. The van der Waals surface area contributed by atoms with E-state index in [2.05, 4.69) is 15.4 Å². The minimum Gasteiger partial charge on any atom is -0.163 e. The van der Waals surface area contributed by atoms with Gasteiger partial charge in [-0.25, -0.2) is 0 Å². The van der Waals surface area contributed by atoms with Crippen LogP contribution in [0.3, 0.4) is 0 Å². The highest BCUT2D eigenvalue weighted by molar-refractivity contribution is 5.84. The lowest BCUT2D eigenvalue weighted by molar-refractivity contribution is 1.06. The van der Waals surface area contributed by atoms with Gasteiger partial charge in [0.15, 0.2) is 0 Å². The minimum absolute atomic E-state index is 0.694. The predicted molar refractivity (Wildman–Crippen MR) is 22.8 cm³/mol. The van der Waals surface area contributed by atoms with Crippen molar-refractivity contribution in [3.05, 3.63) is 0 Å². The zero-order valence-corrected chi connectivity index (χ0v) is 3.55. The molecule has 0 saturated heterocycles. The Morgan fingerprint density at radius 2 is 2.50 bits per heavy atom. The van der Waals surface area contributed by atoms with Gasteiger partial charge in [-0.1, -0.05) is 0 Å². The lowest BCUT2D eigenvalue weighted by Gasteiger charge is -1.71. The zero-order valence-electron chi connectivity index (χ0n) is 3.55. The van der Waals surface area contributed by atoms with Gasteiger partial charge in [0.25, 0.3) is 0 Å². The van der Waals surface area contributed by atoms with Gasteiger partial charge in [0.1, 0.15) is 6.54 Å². The van der Waals surface area contributed by atoms with Crippen molar-refractivity contribution in [2.75, 3.05) is 6.54 Å². The van der Waals surface area contributed by atoms with Gasteiger partial charge in [-0.3, -0.25) is 0 Å². The number of nitrogens with zero attached hydrogens (tertiary/aromatic N) is 3. The summed E-state index contributed by atoms with van der Waals surface area (Å²) in [5, 5.41) is 10.6. The molecule has 3 heteroatoms. The van der Waals surface area contributed by atoms with Gasteiger partial charge in [-0.2, -0.15) is 5.11 Å². The van der Waals surface area contributed by atoms with Crippen LogP contribution >= 0.6 is 0 Å². The van der Waals surface area contributed by atoms with Crippen molar-refractivity contribution in [1.82, 2.24) is 0 Å². The Morgan fingerprint density at radius 1 is 1.67 bits per heavy atom. The highest BCUT2D eigenvalue weighted by atomic mass is 15.4. The van der Waals surface area contributed by atoms with Crippen molar-refractivity contribution in [1.29, 1.82) is 0 Å². The molecule has 6 heavy (non-hydrogen) atoms. The molecule has 0 aromatic carbocycles. The van der Waals surface area contributed by atoms with Crippen LogP contribution in [0.1, 0.15) is 6.92 Å². The Hall–Kier alpha value is -0.730. The Kier molecular flexibility index (Phi) is 0.670. The summed E-state index contributed by atoms with van der Waals surface area (Å²) in [7, 11) is 0. The largest absolute Gasteiger partial charge is 0.163 e. The van der Waals surface area contributed by atoms with E-state index in [4.69, 9.17) is 0 Å². The maximum absolute atomic E-state index is 3.61. The number of rotatable bonds is 0. The molecule has 0 radical (unpaired) electrons. The average molecular weight is 83.1 g/mol. The molecular formula is C3H5N3. The summed E-state index contributed by atoms with van der Waals surface area (Å²) in [4.78, 5) is 0. The third-order valence-electron chi connectivity index (χ3n) is 0.578. The molecule has 0 aromatic heterocycles. The van der Waals surface area contributed by atoms with Crippen LogP contribution in [0.4, 0.5) is 0 Å². The van der Waals surface area contributed by atoms with E-state index in [-0.39, 0.29) is 0 Å². The average Bonchev–Trinajstić information content (AvgIpc) is 1.86. The molecule has 0 N–H and O–H groups in total. The van der Waals surface area contributed by atoms with E-state index < -0.39 is 0 Å². The topological polar surface area (TPSA) is 37.1 Å². The number of hydrogen-bond donors (Lipinski definition) is 0. The summed E-state index contributed by atoms with van der Waals surface area (Å²) in [6.45, 7) is 2.60. The van der Waals surface area contributed by atoms with Crippen molar-refractivity contribution in [2.24, 2.45) is 15.4 Å². The van der Waals surface area contributed by atoms with Crippen LogP contribution in [-0.2, 0) is 0 Å². The normalized spacial score (nSPS) is 18.5. The Morgan fingerprint density at radius 3 is 2.67 bits per heavy atom. The highest BCUT2D eigenvalue weighted by Gasteiger charge is 1.91. The molecule has 32 valence electrons. The lowest BCUT2D eigenvalue weighted by Crippen LogP contribution is -1.87. The van der Waals surface area contributed by atoms with Gasteiger partial charge in [0, 0.05) is 0 Å². The van der Waals surface area contributed by atoms with E-state index >= 15 is 0 Å². The number of hydrogen-bond acceptors (Lipinski definition) is 3. The molecule has 0 spiro atoms. The highest BCUT2D eigenvalue weighted by Crippen LogP contribution is 1.90. The quantitative estimate of drug-likeness (QED) is 0.416. The van der Waals surface area contributed by atoms with Gasteiger partial charge in [0.2, 0.25) is 0 Å². The van der Waals surface area contributed by atoms with Crippen LogP contribution in [-0.4, -0.2) is 12.3 Å². The summed E-state index contributed by atoms with van der Waals surface area (Å²) in [6.07, 6.45) is 0.